The first-order valence-electron chi connectivity index (χ1n) is 10.4. The van der Waals surface area contributed by atoms with Crippen LogP contribution in [0, 0.1) is 0 Å². The summed E-state index contributed by atoms with van der Waals surface area (Å²) >= 11 is 1.85. The molecule has 4 nitrogen and oxygen atoms in total. The van der Waals surface area contributed by atoms with Crippen LogP contribution in [0.15, 0.2) is 72.2 Å². The van der Waals surface area contributed by atoms with Gasteiger partial charge in [0.2, 0.25) is 0 Å². The van der Waals surface area contributed by atoms with Gasteiger partial charge < -0.3 is 4.74 Å². The number of likely N-dealkylation sites (tertiary alicyclic amines) is 1. The van der Waals surface area contributed by atoms with Crippen molar-refractivity contribution in [3.63, 3.8) is 0 Å². The van der Waals surface area contributed by atoms with Crippen molar-refractivity contribution in [1.29, 1.82) is 0 Å². The van der Waals surface area contributed by atoms with Crippen molar-refractivity contribution in [3.8, 4) is 0 Å². The van der Waals surface area contributed by atoms with Gasteiger partial charge in [-0.3, -0.25) is 14.8 Å². The predicted molar refractivity (Wildman–Crippen MR) is 117 cm³/mol. The molecule has 2 saturated heterocycles. The third-order valence-electron chi connectivity index (χ3n) is 6.23. The largest absolute Gasteiger partial charge is 0.370 e. The van der Waals surface area contributed by atoms with Gasteiger partial charge in [-0.2, -0.15) is 0 Å². The molecule has 2 atom stereocenters. The lowest BCUT2D eigenvalue weighted by Crippen LogP contribution is -2.58. The molecule has 5 heteroatoms. The number of morpholine rings is 1. The number of nitrogens with zero attached hydrogens (tertiary/aromatic N) is 3. The number of hydrogen-bond donors (Lipinski definition) is 0. The number of ether oxygens (including phenoxy) is 1. The molecule has 29 heavy (non-hydrogen) atoms. The van der Waals surface area contributed by atoms with Crippen LogP contribution in [-0.4, -0.2) is 46.6 Å². The Morgan fingerprint density at radius 2 is 1.93 bits per heavy atom. The molecule has 0 N–H and O–H groups in total. The Hall–Kier alpha value is -2.05. The van der Waals surface area contributed by atoms with E-state index in [4.69, 9.17) is 4.74 Å². The SMILES string of the molecule is c1ccc([C@@H]2CN(Cc3ccccn3)[C@]3(CCN(Cc4cccs4)C3)CO2)cc1. The maximum atomic E-state index is 6.47. The molecule has 0 unspecified atom stereocenters. The van der Waals surface area contributed by atoms with Gasteiger partial charge in [0.05, 0.1) is 23.9 Å². The molecule has 2 aromatic heterocycles. The lowest BCUT2D eigenvalue weighted by molar-refractivity contribution is -0.114. The van der Waals surface area contributed by atoms with E-state index < -0.39 is 0 Å². The van der Waals surface area contributed by atoms with Crippen molar-refractivity contribution in [2.24, 2.45) is 0 Å². The molecule has 2 fully saturated rings. The average molecular weight is 406 g/mol. The summed E-state index contributed by atoms with van der Waals surface area (Å²) < 4.78 is 6.47. The van der Waals surface area contributed by atoms with E-state index in [1.165, 1.54) is 10.4 Å². The zero-order valence-electron chi connectivity index (χ0n) is 16.6. The van der Waals surface area contributed by atoms with E-state index in [1.54, 1.807) is 0 Å². The monoisotopic (exact) mass is 405 g/mol. The van der Waals surface area contributed by atoms with E-state index in [0.29, 0.717) is 0 Å². The summed E-state index contributed by atoms with van der Waals surface area (Å²) in [7, 11) is 0. The van der Waals surface area contributed by atoms with Gasteiger partial charge in [0, 0.05) is 43.8 Å². The summed E-state index contributed by atoms with van der Waals surface area (Å²) in [6.45, 7) is 5.78. The summed E-state index contributed by atoms with van der Waals surface area (Å²) in [5.74, 6) is 0. The minimum absolute atomic E-state index is 0.0695. The molecule has 0 amide bonds. The molecule has 5 rings (SSSR count). The Balaban J connectivity index is 1.36. The number of benzene rings is 1. The maximum Gasteiger partial charge on any atom is 0.0953 e. The number of thiophene rings is 1. The minimum Gasteiger partial charge on any atom is -0.370 e. The molecule has 0 saturated carbocycles. The van der Waals surface area contributed by atoms with Crippen LogP contribution in [0.2, 0.25) is 0 Å². The Morgan fingerprint density at radius 3 is 2.72 bits per heavy atom. The van der Waals surface area contributed by atoms with E-state index >= 15 is 0 Å². The Bertz CT molecular complexity index is 902. The van der Waals surface area contributed by atoms with E-state index in [0.717, 1.165) is 51.4 Å². The van der Waals surface area contributed by atoms with Crippen LogP contribution in [0.25, 0.3) is 0 Å². The molecule has 1 spiro atoms. The zero-order valence-corrected chi connectivity index (χ0v) is 17.4. The van der Waals surface area contributed by atoms with Gasteiger partial charge in [0.1, 0.15) is 0 Å². The highest BCUT2D eigenvalue weighted by Gasteiger charge is 2.47. The van der Waals surface area contributed by atoms with Crippen LogP contribution in [0.1, 0.15) is 28.7 Å². The number of hydrogen-bond acceptors (Lipinski definition) is 5. The Kier molecular flexibility index (Phi) is 5.46. The highest BCUT2D eigenvalue weighted by atomic mass is 32.1. The molecule has 0 aliphatic carbocycles. The zero-order chi connectivity index (χ0) is 19.5. The van der Waals surface area contributed by atoms with Crippen LogP contribution in [-0.2, 0) is 17.8 Å². The van der Waals surface area contributed by atoms with Gasteiger partial charge >= 0.3 is 0 Å². The summed E-state index contributed by atoms with van der Waals surface area (Å²) in [6, 6.07) is 21.2. The van der Waals surface area contributed by atoms with E-state index in [1.807, 2.05) is 23.6 Å². The van der Waals surface area contributed by atoms with Crippen molar-refractivity contribution in [1.82, 2.24) is 14.8 Å². The standard InChI is InChI=1S/C24H27N3OS/c1-2-7-20(8-3-1)23-17-27(15-21-9-4-5-12-25-21)24(19-28-23)11-13-26(18-24)16-22-10-6-14-29-22/h1-10,12,14,23H,11,13,15-19H2/t23-,24-/m0/s1. The predicted octanol–water partition coefficient (Wildman–Crippen LogP) is 4.36. The third kappa shape index (κ3) is 4.14. The second-order valence-corrected chi connectivity index (χ2v) is 9.21. The lowest BCUT2D eigenvalue weighted by Gasteiger charge is -2.47. The lowest BCUT2D eigenvalue weighted by atomic mass is 9.92. The number of aromatic nitrogens is 1. The molecule has 3 aromatic rings. The smallest absolute Gasteiger partial charge is 0.0953 e. The topological polar surface area (TPSA) is 28.6 Å². The number of rotatable bonds is 5. The van der Waals surface area contributed by atoms with Crippen LogP contribution < -0.4 is 0 Å². The summed E-state index contributed by atoms with van der Waals surface area (Å²) in [6.07, 6.45) is 3.17. The Morgan fingerprint density at radius 1 is 1.03 bits per heavy atom. The molecule has 2 aliphatic rings. The normalized spacial score (nSPS) is 25.6. The van der Waals surface area contributed by atoms with E-state index in [9.17, 15) is 0 Å². The van der Waals surface area contributed by atoms with Crippen molar-refractivity contribution >= 4 is 11.3 Å². The quantitative estimate of drug-likeness (QED) is 0.631. The molecule has 0 radical (unpaired) electrons. The van der Waals surface area contributed by atoms with E-state index in [2.05, 4.69) is 74.8 Å². The summed E-state index contributed by atoms with van der Waals surface area (Å²) in [4.78, 5) is 11.3. The second-order valence-electron chi connectivity index (χ2n) is 8.18. The molecule has 0 bridgehead atoms. The van der Waals surface area contributed by atoms with Crippen LogP contribution in [0.3, 0.4) is 0 Å². The fourth-order valence-corrected chi connectivity index (χ4v) is 5.40. The third-order valence-corrected chi connectivity index (χ3v) is 7.09. The van der Waals surface area contributed by atoms with Crippen LogP contribution in [0.4, 0.5) is 0 Å². The summed E-state index contributed by atoms with van der Waals surface area (Å²) in [5.41, 5.74) is 2.47. The van der Waals surface area contributed by atoms with Crippen molar-refractivity contribution in [3.05, 3.63) is 88.4 Å². The average Bonchev–Trinajstić information content (AvgIpc) is 3.42. The van der Waals surface area contributed by atoms with Crippen molar-refractivity contribution in [2.45, 2.75) is 31.2 Å². The highest BCUT2D eigenvalue weighted by Crippen LogP contribution is 2.38. The van der Waals surface area contributed by atoms with Gasteiger partial charge in [-0.15, -0.1) is 11.3 Å². The maximum absolute atomic E-state index is 6.47. The molecule has 1 aromatic carbocycles. The number of pyridine rings is 1. The van der Waals surface area contributed by atoms with Gasteiger partial charge in [0.15, 0.2) is 0 Å². The second kappa shape index (κ2) is 8.36. The van der Waals surface area contributed by atoms with Gasteiger partial charge in [0.25, 0.3) is 0 Å². The fourth-order valence-electron chi connectivity index (χ4n) is 4.66. The van der Waals surface area contributed by atoms with Gasteiger partial charge in [-0.1, -0.05) is 42.5 Å². The van der Waals surface area contributed by atoms with Crippen molar-refractivity contribution in [2.75, 3.05) is 26.2 Å². The first-order chi connectivity index (χ1) is 14.3. The van der Waals surface area contributed by atoms with Crippen LogP contribution >= 0.6 is 11.3 Å². The first-order valence-corrected chi connectivity index (χ1v) is 11.2. The van der Waals surface area contributed by atoms with Crippen molar-refractivity contribution < 1.29 is 4.74 Å². The minimum atomic E-state index is 0.0695. The summed E-state index contributed by atoms with van der Waals surface area (Å²) in [5, 5.41) is 2.17. The molecule has 2 aliphatic heterocycles. The molecule has 150 valence electrons. The van der Waals surface area contributed by atoms with Gasteiger partial charge in [-0.25, -0.2) is 0 Å². The highest BCUT2D eigenvalue weighted by molar-refractivity contribution is 7.09. The molecular formula is C24H27N3OS. The van der Waals surface area contributed by atoms with Gasteiger partial charge in [-0.05, 0) is 35.6 Å². The molecular weight excluding hydrogens is 378 g/mol. The first kappa shape index (κ1) is 18.9. The fraction of sp³-hybridized carbons (Fsp3) is 0.375. The Labute approximate surface area is 176 Å². The molecule has 4 heterocycles. The van der Waals surface area contributed by atoms with Crippen LogP contribution in [0.5, 0.6) is 0 Å². The van der Waals surface area contributed by atoms with E-state index in [-0.39, 0.29) is 11.6 Å².